The van der Waals surface area contributed by atoms with E-state index in [9.17, 15) is 9.59 Å². The Hall–Kier alpha value is -2.48. The van der Waals surface area contributed by atoms with Gasteiger partial charge in [-0.25, -0.2) is 9.97 Å². The number of aryl methyl sites for hydroxylation is 2. The van der Waals surface area contributed by atoms with Gasteiger partial charge in [0.15, 0.2) is 11.5 Å². The molecule has 1 aliphatic carbocycles. The zero-order chi connectivity index (χ0) is 16.9. The number of fused-ring (bicyclic) bond motifs is 1. The molecule has 0 atom stereocenters. The molecule has 0 bridgehead atoms. The predicted molar refractivity (Wildman–Crippen MR) is 91.6 cm³/mol. The van der Waals surface area contributed by atoms with Crippen LogP contribution >= 0.6 is 11.3 Å². The number of nitrogen functional groups attached to an aromatic ring is 1. The first-order valence-electron chi connectivity index (χ1n) is 7.94. The third-order valence-electron chi connectivity index (χ3n) is 3.95. The molecule has 7 nitrogen and oxygen atoms in total. The molecule has 0 aromatic carbocycles. The zero-order valence-electron chi connectivity index (χ0n) is 13.2. The van der Waals surface area contributed by atoms with E-state index in [2.05, 4.69) is 20.8 Å². The highest BCUT2D eigenvalue weighted by Crippen LogP contribution is 2.28. The van der Waals surface area contributed by atoms with E-state index in [1.807, 2.05) is 6.07 Å². The van der Waals surface area contributed by atoms with E-state index >= 15 is 0 Å². The summed E-state index contributed by atoms with van der Waals surface area (Å²) in [6, 6.07) is 1.93. The first-order chi connectivity index (χ1) is 11.6. The molecule has 4 N–H and O–H groups in total. The fourth-order valence-electron chi connectivity index (χ4n) is 2.71. The van der Waals surface area contributed by atoms with E-state index in [0.717, 1.165) is 25.7 Å². The van der Waals surface area contributed by atoms with Crippen LogP contribution in [-0.4, -0.2) is 21.8 Å². The summed E-state index contributed by atoms with van der Waals surface area (Å²) in [5, 5.41) is 0. The van der Waals surface area contributed by atoms with Crippen molar-refractivity contribution in [1.82, 2.24) is 20.8 Å². The number of carbonyl (C=O) groups excluding carboxylic acids is 2. The molecule has 2 aromatic rings. The standard InChI is InChI=1S/C16H19N5O2S/c17-14-13(18-7-8-19-14)16(23)21-20-15(22)12-9-10-5-3-1-2-4-6-11(10)24-12/h7-9H,1-6H2,(H2,17,19)(H,20,22)(H,21,23). The van der Waals surface area contributed by atoms with Crippen molar-refractivity contribution < 1.29 is 9.59 Å². The molecular weight excluding hydrogens is 326 g/mol. The van der Waals surface area contributed by atoms with Gasteiger partial charge in [-0.1, -0.05) is 12.8 Å². The van der Waals surface area contributed by atoms with E-state index in [4.69, 9.17) is 5.73 Å². The maximum absolute atomic E-state index is 12.3. The Morgan fingerprint density at radius 1 is 1.00 bits per heavy atom. The quantitative estimate of drug-likeness (QED) is 0.720. The first-order valence-corrected chi connectivity index (χ1v) is 8.75. The summed E-state index contributed by atoms with van der Waals surface area (Å²) in [6.45, 7) is 0. The number of nitrogens with one attached hydrogen (secondary N) is 2. The van der Waals surface area contributed by atoms with Crippen molar-refractivity contribution in [3.63, 3.8) is 0 Å². The molecule has 1 aliphatic rings. The number of thiophene rings is 1. The van der Waals surface area contributed by atoms with Crippen LogP contribution < -0.4 is 16.6 Å². The van der Waals surface area contributed by atoms with Crippen LogP contribution in [0.25, 0.3) is 0 Å². The Bertz CT molecular complexity index is 733. The van der Waals surface area contributed by atoms with Crippen LogP contribution in [0.5, 0.6) is 0 Å². The van der Waals surface area contributed by atoms with Crippen LogP contribution in [0.3, 0.4) is 0 Å². The summed E-state index contributed by atoms with van der Waals surface area (Å²) < 4.78 is 0. The normalized spacial score (nSPS) is 14.2. The van der Waals surface area contributed by atoms with Gasteiger partial charge in [0.05, 0.1) is 4.88 Å². The molecule has 8 heteroatoms. The Morgan fingerprint density at radius 2 is 1.71 bits per heavy atom. The number of amides is 2. The smallest absolute Gasteiger partial charge is 0.292 e. The van der Waals surface area contributed by atoms with E-state index in [-0.39, 0.29) is 17.4 Å². The monoisotopic (exact) mass is 345 g/mol. The van der Waals surface area contributed by atoms with E-state index in [1.54, 1.807) is 0 Å². The van der Waals surface area contributed by atoms with Crippen molar-refractivity contribution in [2.45, 2.75) is 38.5 Å². The SMILES string of the molecule is Nc1nccnc1C(=O)NNC(=O)c1cc2c(s1)CCCCCC2. The minimum absolute atomic E-state index is 0.0170. The molecule has 0 aliphatic heterocycles. The molecule has 0 fully saturated rings. The number of hydrogen-bond acceptors (Lipinski definition) is 6. The highest BCUT2D eigenvalue weighted by molar-refractivity contribution is 7.14. The van der Waals surface area contributed by atoms with Crippen molar-refractivity contribution >= 4 is 29.0 Å². The van der Waals surface area contributed by atoms with E-state index < -0.39 is 5.91 Å². The van der Waals surface area contributed by atoms with Crippen LogP contribution in [0.4, 0.5) is 5.82 Å². The third-order valence-corrected chi connectivity index (χ3v) is 5.19. The van der Waals surface area contributed by atoms with Gasteiger partial charge in [0.1, 0.15) is 0 Å². The molecule has 0 spiro atoms. The average Bonchev–Trinajstić information content (AvgIpc) is 2.95. The van der Waals surface area contributed by atoms with Gasteiger partial charge in [-0.2, -0.15) is 0 Å². The van der Waals surface area contributed by atoms with Crippen LogP contribution in [0.2, 0.25) is 0 Å². The van der Waals surface area contributed by atoms with Crippen molar-refractivity contribution in [3.05, 3.63) is 39.5 Å². The maximum Gasteiger partial charge on any atom is 0.292 e. The summed E-state index contributed by atoms with van der Waals surface area (Å²) in [5.74, 6) is -0.908. The number of hydrazine groups is 1. The summed E-state index contributed by atoms with van der Waals surface area (Å²) in [5.41, 5.74) is 11.6. The van der Waals surface area contributed by atoms with Crippen LogP contribution in [-0.2, 0) is 12.8 Å². The summed E-state index contributed by atoms with van der Waals surface area (Å²) in [7, 11) is 0. The molecule has 3 rings (SSSR count). The predicted octanol–water partition coefficient (Wildman–Crippen LogP) is 1.85. The van der Waals surface area contributed by atoms with Gasteiger partial charge in [0.2, 0.25) is 0 Å². The average molecular weight is 345 g/mol. The molecule has 2 amide bonds. The summed E-state index contributed by atoms with van der Waals surface area (Å²) >= 11 is 1.50. The second kappa shape index (κ2) is 7.39. The number of aromatic nitrogens is 2. The molecule has 2 heterocycles. The van der Waals surface area contributed by atoms with E-state index in [0.29, 0.717) is 4.88 Å². The van der Waals surface area contributed by atoms with Gasteiger partial charge in [-0.3, -0.25) is 20.4 Å². The minimum Gasteiger partial charge on any atom is -0.382 e. The molecule has 24 heavy (non-hydrogen) atoms. The topological polar surface area (TPSA) is 110 Å². The van der Waals surface area contributed by atoms with Crippen molar-refractivity contribution in [2.75, 3.05) is 5.73 Å². The lowest BCUT2D eigenvalue weighted by Gasteiger charge is -2.07. The van der Waals surface area contributed by atoms with Crippen molar-refractivity contribution in [3.8, 4) is 0 Å². The largest absolute Gasteiger partial charge is 0.382 e. The van der Waals surface area contributed by atoms with Gasteiger partial charge in [-0.15, -0.1) is 11.3 Å². The number of nitrogens with zero attached hydrogens (tertiary/aromatic N) is 2. The Labute approximate surface area is 143 Å². The highest BCUT2D eigenvalue weighted by atomic mass is 32.1. The lowest BCUT2D eigenvalue weighted by atomic mass is 10.00. The number of rotatable bonds is 2. The molecule has 0 unspecified atom stereocenters. The Morgan fingerprint density at radius 3 is 2.50 bits per heavy atom. The van der Waals surface area contributed by atoms with Crippen molar-refractivity contribution in [2.24, 2.45) is 0 Å². The highest BCUT2D eigenvalue weighted by Gasteiger charge is 2.17. The third kappa shape index (κ3) is 3.70. The number of anilines is 1. The number of hydrogen-bond donors (Lipinski definition) is 3. The first kappa shape index (κ1) is 16.4. The van der Waals surface area contributed by atoms with Crippen LogP contribution in [0, 0.1) is 0 Å². The van der Waals surface area contributed by atoms with Crippen LogP contribution in [0.1, 0.15) is 56.3 Å². The van der Waals surface area contributed by atoms with Crippen LogP contribution in [0.15, 0.2) is 18.5 Å². The lowest BCUT2D eigenvalue weighted by molar-refractivity contribution is 0.0846. The fraction of sp³-hybridized carbons (Fsp3) is 0.375. The van der Waals surface area contributed by atoms with Gasteiger partial charge in [-0.05, 0) is 37.3 Å². The summed E-state index contributed by atoms with van der Waals surface area (Å²) in [4.78, 5) is 33.8. The lowest BCUT2D eigenvalue weighted by Crippen LogP contribution is -2.42. The van der Waals surface area contributed by atoms with E-state index in [1.165, 1.54) is 47.0 Å². The van der Waals surface area contributed by atoms with Gasteiger partial charge in [0.25, 0.3) is 11.8 Å². The molecule has 0 saturated carbocycles. The molecule has 126 valence electrons. The second-order valence-electron chi connectivity index (χ2n) is 5.67. The second-order valence-corrected chi connectivity index (χ2v) is 6.81. The Balaban J connectivity index is 1.64. The molecular formula is C16H19N5O2S. The van der Waals surface area contributed by atoms with Crippen molar-refractivity contribution in [1.29, 1.82) is 0 Å². The van der Waals surface area contributed by atoms with Gasteiger partial charge >= 0.3 is 0 Å². The minimum atomic E-state index is -0.594. The molecule has 0 saturated heterocycles. The number of nitrogens with two attached hydrogens (primary N) is 1. The molecule has 2 aromatic heterocycles. The van der Waals surface area contributed by atoms with Gasteiger partial charge in [0, 0.05) is 17.3 Å². The fourth-order valence-corrected chi connectivity index (χ4v) is 3.86. The Kier molecular flexibility index (Phi) is 5.05. The summed E-state index contributed by atoms with van der Waals surface area (Å²) in [6.07, 6.45) is 9.61. The zero-order valence-corrected chi connectivity index (χ0v) is 14.0. The molecule has 0 radical (unpaired) electrons. The van der Waals surface area contributed by atoms with Gasteiger partial charge < -0.3 is 5.73 Å². The number of carbonyl (C=O) groups is 2. The maximum atomic E-state index is 12.3.